The van der Waals surface area contributed by atoms with Gasteiger partial charge in [-0.25, -0.2) is 0 Å². The molecule has 0 unspecified atom stereocenters. The SMILES string of the molecule is C(=C\c1ccco1)/c1c[se]nn1. The molecule has 0 fully saturated rings. The Morgan fingerprint density at radius 2 is 2.42 bits per heavy atom. The Hall–Kier alpha value is -1.12. The van der Waals surface area contributed by atoms with Gasteiger partial charge in [0.25, 0.3) is 0 Å². The van der Waals surface area contributed by atoms with Crippen LogP contribution in [0.25, 0.3) is 12.2 Å². The average Bonchev–Trinajstić information content (AvgIpc) is 2.74. The molecule has 12 heavy (non-hydrogen) atoms. The first-order valence-electron chi connectivity index (χ1n) is 3.44. The summed E-state index contributed by atoms with van der Waals surface area (Å²) in [7, 11) is 0. The summed E-state index contributed by atoms with van der Waals surface area (Å²) in [6, 6.07) is 3.75. The molecule has 0 amide bonds. The molecular weight excluding hydrogens is 219 g/mol. The normalized spacial score (nSPS) is 11.0. The fourth-order valence-corrected chi connectivity index (χ4v) is 1.68. The molecule has 0 aliphatic heterocycles. The minimum atomic E-state index is 0.211. The van der Waals surface area contributed by atoms with E-state index in [4.69, 9.17) is 4.42 Å². The van der Waals surface area contributed by atoms with E-state index in [0.29, 0.717) is 0 Å². The third-order valence-electron chi connectivity index (χ3n) is 1.34. The van der Waals surface area contributed by atoms with Crippen molar-refractivity contribution in [3.63, 3.8) is 0 Å². The predicted molar refractivity (Wildman–Crippen MR) is 46.6 cm³/mol. The van der Waals surface area contributed by atoms with Crippen LogP contribution in [0.15, 0.2) is 27.8 Å². The summed E-state index contributed by atoms with van der Waals surface area (Å²) < 4.78 is 8.99. The zero-order valence-electron chi connectivity index (χ0n) is 6.18. The second-order valence-corrected chi connectivity index (χ2v) is 3.46. The Kier molecular flexibility index (Phi) is 2.21. The number of rotatable bonds is 2. The van der Waals surface area contributed by atoms with Crippen LogP contribution in [0.5, 0.6) is 0 Å². The summed E-state index contributed by atoms with van der Waals surface area (Å²) in [4.78, 5) is 2.02. The van der Waals surface area contributed by atoms with E-state index in [1.807, 2.05) is 29.2 Å². The molecule has 0 aliphatic rings. The van der Waals surface area contributed by atoms with Gasteiger partial charge in [0.2, 0.25) is 0 Å². The van der Waals surface area contributed by atoms with Gasteiger partial charge in [0.05, 0.1) is 0 Å². The van der Waals surface area contributed by atoms with E-state index < -0.39 is 0 Å². The van der Waals surface area contributed by atoms with Crippen molar-refractivity contribution in [1.29, 1.82) is 0 Å². The molecule has 0 N–H and O–H groups in total. The topological polar surface area (TPSA) is 38.9 Å². The number of furan rings is 1. The van der Waals surface area contributed by atoms with Gasteiger partial charge < -0.3 is 0 Å². The van der Waals surface area contributed by atoms with Crippen molar-refractivity contribution in [1.82, 2.24) is 9.19 Å². The second kappa shape index (κ2) is 3.52. The van der Waals surface area contributed by atoms with E-state index in [9.17, 15) is 0 Å². The van der Waals surface area contributed by atoms with Gasteiger partial charge in [-0.3, -0.25) is 0 Å². The summed E-state index contributed by atoms with van der Waals surface area (Å²) in [6.07, 6.45) is 5.43. The minimum absolute atomic E-state index is 0.211. The van der Waals surface area contributed by atoms with Gasteiger partial charge in [0.1, 0.15) is 0 Å². The molecule has 2 aromatic rings. The van der Waals surface area contributed by atoms with E-state index in [0.717, 1.165) is 11.5 Å². The Bertz CT molecular complexity index is 314. The van der Waals surface area contributed by atoms with Crippen molar-refractivity contribution in [2.45, 2.75) is 0 Å². The second-order valence-electron chi connectivity index (χ2n) is 2.18. The van der Waals surface area contributed by atoms with Crippen molar-refractivity contribution in [2.24, 2.45) is 0 Å². The third kappa shape index (κ3) is 1.72. The number of hydrogen-bond acceptors (Lipinski definition) is 3. The molecule has 0 saturated heterocycles. The summed E-state index contributed by atoms with van der Waals surface area (Å²) in [5.41, 5.74) is 0.923. The molecule has 3 nitrogen and oxygen atoms in total. The van der Waals surface area contributed by atoms with E-state index in [1.165, 1.54) is 0 Å². The Balaban J connectivity index is 2.14. The van der Waals surface area contributed by atoms with Crippen LogP contribution in [-0.4, -0.2) is 23.9 Å². The van der Waals surface area contributed by atoms with E-state index in [1.54, 1.807) is 6.26 Å². The third-order valence-corrected chi connectivity index (χ3v) is 2.44. The Morgan fingerprint density at radius 3 is 3.08 bits per heavy atom. The van der Waals surface area contributed by atoms with Crippen LogP contribution in [-0.2, 0) is 0 Å². The molecule has 2 rings (SSSR count). The van der Waals surface area contributed by atoms with Crippen molar-refractivity contribution < 1.29 is 4.42 Å². The van der Waals surface area contributed by atoms with Gasteiger partial charge in [0, 0.05) is 0 Å². The maximum absolute atomic E-state index is 5.11. The van der Waals surface area contributed by atoms with Gasteiger partial charge in [-0.15, -0.1) is 0 Å². The molecule has 4 heteroatoms. The zero-order valence-corrected chi connectivity index (χ0v) is 7.89. The van der Waals surface area contributed by atoms with Crippen LogP contribution in [0.4, 0.5) is 0 Å². The first-order valence-corrected chi connectivity index (χ1v) is 5.19. The maximum atomic E-state index is 5.11. The molecule has 0 saturated carbocycles. The van der Waals surface area contributed by atoms with Crippen LogP contribution in [0.2, 0.25) is 0 Å². The summed E-state index contributed by atoms with van der Waals surface area (Å²) >= 11 is 0.211. The van der Waals surface area contributed by atoms with Crippen LogP contribution in [0.1, 0.15) is 11.5 Å². The molecule has 2 heterocycles. The summed E-state index contributed by atoms with van der Waals surface area (Å²) in [6.45, 7) is 0. The van der Waals surface area contributed by atoms with Crippen LogP contribution in [0.3, 0.4) is 0 Å². The van der Waals surface area contributed by atoms with Gasteiger partial charge in [-0.1, -0.05) is 0 Å². The first-order chi connectivity index (χ1) is 5.95. The van der Waals surface area contributed by atoms with E-state index in [2.05, 4.69) is 9.19 Å². The fraction of sp³-hybridized carbons (Fsp3) is 0. The molecule has 0 radical (unpaired) electrons. The first kappa shape index (κ1) is 7.52. The van der Waals surface area contributed by atoms with Gasteiger partial charge in [-0.05, 0) is 0 Å². The summed E-state index contributed by atoms with van der Waals surface area (Å²) in [5.74, 6) is 0.838. The standard InChI is InChI=1S/C8H6N2OSe/c1-2-8(11-5-1)4-3-7-6-12-10-9-7/h1-6H/b4-3+. The van der Waals surface area contributed by atoms with Gasteiger partial charge in [-0.2, -0.15) is 0 Å². The molecule has 2 aromatic heterocycles. The Morgan fingerprint density at radius 1 is 1.42 bits per heavy atom. The Labute approximate surface area is 75.7 Å². The average molecular weight is 225 g/mol. The fourth-order valence-electron chi connectivity index (χ4n) is 0.798. The van der Waals surface area contributed by atoms with Crippen LogP contribution >= 0.6 is 0 Å². The van der Waals surface area contributed by atoms with Gasteiger partial charge >= 0.3 is 75.3 Å². The van der Waals surface area contributed by atoms with Crippen molar-refractivity contribution in [3.05, 3.63) is 34.8 Å². The van der Waals surface area contributed by atoms with E-state index in [-0.39, 0.29) is 14.7 Å². The summed E-state index contributed by atoms with van der Waals surface area (Å²) in [5, 5.41) is 3.92. The van der Waals surface area contributed by atoms with Gasteiger partial charge in [0.15, 0.2) is 0 Å². The van der Waals surface area contributed by atoms with Crippen LogP contribution in [0, 0.1) is 0 Å². The quantitative estimate of drug-likeness (QED) is 0.723. The molecule has 0 bridgehead atoms. The molecule has 60 valence electrons. The van der Waals surface area contributed by atoms with Crippen molar-refractivity contribution >= 4 is 26.9 Å². The molecule has 0 spiro atoms. The molecule has 0 aliphatic carbocycles. The zero-order chi connectivity index (χ0) is 8.23. The molecular formula is C8H6N2OSe. The number of nitrogens with zero attached hydrogens (tertiary/aromatic N) is 2. The number of hydrogen-bond donors (Lipinski definition) is 0. The number of aromatic nitrogens is 2. The molecule has 0 aromatic carbocycles. The van der Waals surface area contributed by atoms with Crippen LogP contribution < -0.4 is 0 Å². The van der Waals surface area contributed by atoms with E-state index >= 15 is 0 Å². The van der Waals surface area contributed by atoms with Crippen molar-refractivity contribution in [3.8, 4) is 0 Å². The monoisotopic (exact) mass is 226 g/mol. The molecule has 0 atom stereocenters. The predicted octanol–water partition coefficient (Wildman–Crippen LogP) is 1.30. The van der Waals surface area contributed by atoms with Crippen molar-refractivity contribution in [2.75, 3.05) is 0 Å².